The van der Waals surface area contributed by atoms with Gasteiger partial charge in [-0.15, -0.1) is 0 Å². The molecule has 0 aliphatic heterocycles. The van der Waals surface area contributed by atoms with Crippen LogP contribution in [0.1, 0.15) is 11.1 Å². The molecule has 1 heterocycles. The molecule has 0 unspecified atom stereocenters. The molecule has 1 aromatic heterocycles. The van der Waals surface area contributed by atoms with Crippen molar-refractivity contribution in [2.75, 3.05) is 7.05 Å². The molecule has 146 valence electrons. The SMILES string of the molecule is CNS(=O)(=O)c1cccc(CNC(=O)NCc2ccc(-n3ccnc3)cc2)c1. The van der Waals surface area contributed by atoms with Crippen LogP contribution in [0.25, 0.3) is 5.69 Å². The van der Waals surface area contributed by atoms with Gasteiger partial charge in [0.05, 0.1) is 11.2 Å². The first-order valence-corrected chi connectivity index (χ1v) is 10.1. The van der Waals surface area contributed by atoms with Crippen LogP contribution in [0.3, 0.4) is 0 Å². The van der Waals surface area contributed by atoms with Crippen molar-refractivity contribution in [3.05, 3.63) is 78.4 Å². The molecule has 0 saturated heterocycles. The van der Waals surface area contributed by atoms with Gasteiger partial charge in [-0.3, -0.25) is 0 Å². The van der Waals surface area contributed by atoms with E-state index in [-0.39, 0.29) is 17.5 Å². The minimum Gasteiger partial charge on any atom is -0.334 e. The Hall–Kier alpha value is -3.17. The van der Waals surface area contributed by atoms with E-state index in [1.54, 1.807) is 24.7 Å². The molecule has 28 heavy (non-hydrogen) atoms. The lowest BCUT2D eigenvalue weighted by molar-refractivity contribution is 0.240. The third kappa shape index (κ3) is 4.96. The fourth-order valence-electron chi connectivity index (χ4n) is 2.57. The zero-order chi connectivity index (χ0) is 20.0. The first-order valence-electron chi connectivity index (χ1n) is 8.59. The minimum atomic E-state index is -3.51. The lowest BCUT2D eigenvalue weighted by Gasteiger charge is -2.10. The molecule has 0 radical (unpaired) electrons. The Balaban J connectivity index is 1.50. The number of sulfonamides is 1. The quantitative estimate of drug-likeness (QED) is 0.563. The lowest BCUT2D eigenvalue weighted by Crippen LogP contribution is -2.34. The van der Waals surface area contributed by atoms with Crippen LogP contribution < -0.4 is 15.4 Å². The number of nitrogens with one attached hydrogen (secondary N) is 3. The van der Waals surface area contributed by atoms with Gasteiger partial charge in [-0.25, -0.2) is 22.9 Å². The Morgan fingerprint density at radius 1 is 1.04 bits per heavy atom. The second-order valence-electron chi connectivity index (χ2n) is 6.03. The molecule has 9 heteroatoms. The number of urea groups is 1. The summed E-state index contributed by atoms with van der Waals surface area (Å²) in [4.78, 5) is 16.2. The van der Waals surface area contributed by atoms with Crippen molar-refractivity contribution < 1.29 is 13.2 Å². The van der Waals surface area contributed by atoms with E-state index in [9.17, 15) is 13.2 Å². The van der Waals surface area contributed by atoms with Crippen LogP contribution in [0, 0.1) is 0 Å². The van der Waals surface area contributed by atoms with Gasteiger partial charge in [0.25, 0.3) is 0 Å². The number of nitrogens with zero attached hydrogens (tertiary/aromatic N) is 2. The Labute approximate surface area is 163 Å². The van der Waals surface area contributed by atoms with E-state index in [1.165, 1.54) is 19.2 Å². The number of hydrogen-bond acceptors (Lipinski definition) is 4. The molecule has 0 atom stereocenters. The van der Waals surface area contributed by atoms with E-state index in [4.69, 9.17) is 0 Å². The first kappa shape index (κ1) is 19.6. The number of aromatic nitrogens is 2. The number of amides is 2. The van der Waals surface area contributed by atoms with Gasteiger partial charge in [0, 0.05) is 31.2 Å². The smallest absolute Gasteiger partial charge is 0.315 e. The standard InChI is InChI=1S/C19H21N5O3S/c1-20-28(26,27)18-4-2-3-16(11-18)13-23-19(25)22-12-15-5-7-17(8-6-15)24-10-9-21-14-24/h2-11,14,20H,12-13H2,1H3,(H2,22,23,25). The predicted octanol–water partition coefficient (Wildman–Crippen LogP) is 1.78. The zero-order valence-electron chi connectivity index (χ0n) is 15.3. The van der Waals surface area contributed by atoms with Gasteiger partial charge in [0.1, 0.15) is 0 Å². The van der Waals surface area contributed by atoms with Crippen molar-refractivity contribution in [1.82, 2.24) is 24.9 Å². The molecule has 2 amide bonds. The maximum Gasteiger partial charge on any atom is 0.315 e. The normalized spacial score (nSPS) is 11.2. The van der Waals surface area contributed by atoms with Gasteiger partial charge in [0.2, 0.25) is 10.0 Å². The van der Waals surface area contributed by atoms with E-state index in [2.05, 4.69) is 20.3 Å². The molecule has 0 spiro atoms. The molecule has 8 nitrogen and oxygen atoms in total. The molecule has 0 fully saturated rings. The summed E-state index contributed by atoms with van der Waals surface area (Å²) in [6.45, 7) is 0.600. The molecule has 3 N–H and O–H groups in total. The van der Waals surface area contributed by atoms with Crippen molar-refractivity contribution >= 4 is 16.1 Å². The topological polar surface area (TPSA) is 105 Å². The van der Waals surface area contributed by atoms with E-state index in [0.717, 1.165) is 11.3 Å². The number of imidazole rings is 1. The van der Waals surface area contributed by atoms with E-state index in [0.29, 0.717) is 12.1 Å². The average Bonchev–Trinajstić information content (AvgIpc) is 3.26. The van der Waals surface area contributed by atoms with E-state index >= 15 is 0 Å². The minimum absolute atomic E-state index is 0.160. The maximum absolute atomic E-state index is 12.0. The van der Waals surface area contributed by atoms with Crippen molar-refractivity contribution in [1.29, 1.82) is 0 Å². The summed E-state index contributed by atoms with van der Waals surface area (Å²) >= 11 is 0. The van der Waals surface area contributed by atoms with Crippen molar-refractivity contribution in [3.8, 4) is 5.69 Å². The third-order valence-corrected chi connectivity index (χ3v) is 5.53. The Kier molecular flexibility index (Phi) is 6.07. The van der Waals surface area contributed by atoms with Crippen LogP contribution in [-0.4, -0.2) is 31.0 Å². The van der Waals surface area contributed by atoms with Gasteiger partial charge < -0.3 is 15.2 Å². The van der Waals surface area contributed by atoms with Crippen LogP contribution >= 0.6 is 0 Å². The van der Waals surface area contributed by atoms with E-state index in [1.807, 2.05) is 35.0 Å². The molecule has 0 bridgehead atoms. The van der Waals surface area contributed by atoms with Crippen LogP contribution in [-0.2, 0) is 23.1 Å². The second-order valence-corrected chi connectivity index (χ2v) is 7.91. The second kappa shape index (κ2) is 8.68. The average molecular weight is 399 g/mol. The molecule has 3 aromatic rings. The monoisotopic (exact) mass is 399 g/mol. The Morgan fingerprint density at radius 3 is 2.39 bits per heavy atom. The van der Waals surface area contributed by atoms with Gasteiger partial charge in [-0.2, -0.15) is 0 Å². The van der Waals surface area contributed by atoms with Crippen molar-refractivity contribution in [3.63, 3.8) is 0 Å². The predicted molar refractivity (Wildman–Crippen MR) is 105 cm³/mol. The Bertz CT molecular complexity index is 1030. The number of carbonyl (C=O) groups excluding carboxylic acids is 1. The summed E-state index contributed by atoms with van der Waals surface area (Å²) in [7, 11) is -2.15. The fraction of sp³-hybridized carbons (Fsp3) is 0.158. The summed E-state index contributed by atoms with van der Waals surface area (Å²) in [6, 6.07) is 13.9. The van der Waals surface area contributed by atoms with Crippen LogP contribution in [0.4, 0.5) is 4.79 Å². The van der Waals surface area contributed by atoms with Gasteiger partial charge >= 0.3 is 6.03 Å². The van der Waals surface area contributed by atoms with Crippen LogP contribution in [0.15, 0.2) is 72.1 Å². The van der Waals surface area contributed by atoms with E-state index < -0.39 is 10.0 Å². The van der Waals surface area contributed by atoms with Crippen molar-refractivity contribution in [2.24, 2.45) is 0 Å². The maximum atomic E-state index is 12.0. The number of rotatable bonds is 7. The molecule has 3 rings (SSSR count). The first-order chi connectivity index (χ1) is 13.5. The fourth-order valence-corrected chi connectivity index (χ4v) is 3.37. The van der Waals surface area contributed by atoms with Gasteiger partial charge in [0.15, 0.2) is 0 Å². The summed E-state index contributed by atoms with van der Waals surface area (Å²) in [5.41, 5.74) is 2.64. The number of hydrogen-bond donors (Lipinski definition) is 3. The highest BCUT2D eigenvalue weighted by Crippen LogP contribution is 2.11. The molecule has 2 aromatic carbocycles. The number of benzene rings is 2. The van der Waals surface area contributed by atoms with Crippen LogP contribution in [0.5, 0.6) is 0 Å². The highest BCUT2D eigenvalue weighted by Gasteiger charge is 2.11. The summed E-state index contributed by atoms with van der Waals surface area (Å²) in [5.74, 6) is 0. The third-order valence-electron chi connectivity index (χ3n) is 4.12. The highest BCUT2D eigenvalue weighted by atomic mass is 32.2. The van der Waals surface area contributed by atoms with Crippen LogP contribution in [0.2, 0.25) is 0 Å². The van der Waals surface area contributed by atoms with Crippen molar-refractivity contribution in [2.45, 2.75) is 18.0 Å². The summed E-state index contributed by atoms with van der Waals surface area (Å²) < 4.78 is 27.8. The lowest BCUT2D eigenvalue weighted by atomic mass is 10.2. The molecule has 0 aliphatic rings. The molecule has 0 aliphatic carbocycles. The molecular weight excluding hydrogens is 378 g/mol. The summed E-state index contributed by atoms with van der Waals surface area (Å²) in [6.07, 6.45) is 5.29. The van der Waals surface area contributed by atoms with Gasteiger partial charge in [-0.05, 0) is 42.4 Å². The number of carbonyl (C=O) groups is 1. The largest absolute Gasteiger partial charge is 0.334 e. The molecule has 0 saturated carbocycles. The summed E-state index contributed by atoms with van der Waals surface area (Å²) in [5, 5.41) is 5.50. The highest BCUT2D eigenvalue weighted by molar-refractivity contribution is 7.89. The van der Waals surface area contributed by atoms with Gasteiger partial charge in [-0.1, -0.05) is 24.3 Å². The molecular formula is C19H21N5O3S. The zero-order valence-corrected chi connectivity index (χ0v) is 16.1. The Morgan fingerprint density at radius 2 is 1.75 bits per heavy atom.